The van der Waals surface area contributed by atoms with Crippen molar-refractivity contribution in [2.75, 3.05) is 6.54 Å². The average Bonchev–Trinajstić information content (AvgIpc) is 2.39. The number of carbonyl (C=O) groups excluding carboxylic acids is 1. The van der Waals surface area contributed by atoms with Crippen molar-refractivity contribution < 1.29 is 4.79 Å². The van der Waals surface area contributed by atoms with E-state index in [-0.39, 0.29) is 12.1 Å². The normalized spacial score (nSPS) is 11.5. The van der Waals surface area contributed by atoms with Crippen LogP contribution in [0.25, 0.3) is 5.65 Å². The van der Waals surface area contributed by atoms with Crippen LogP contribution in [-0.4, -0.2) is 27.4 Å². The third kappa shape index (κ3) is 2.63. The Bertz CT molecular complexity index is 676. The topological polar surface area (TPSA) is 89.5 Å². The van der Waals surface area contributed by atoms with Crippen molar-refractivity contribution in [2.45, 2.75) is 19.4 Å². The lowest BCUT2D eigenvalue weighted by molar-refractivity contribution is 0.0913. The summed E-state index contributed by atoms with van der Waals surface area (Å²) < 4.78 is 1.34. The lowest BCUT2D eigenvalue weighted by Crippen LogP contribution is -2.50. The second kappa shape index (κ2) is 4.81. The number of fused-ring (bicyclic) bond motifs is 1. The summed E-state index contributed by atoms with van der Waals surface area (Å²) in [5, 5.41) is 2.71. The Morgan fingerprint density at radius 3 is 2.89 bits per heavy atom. The standard InChI is InChI=1S/C13H16N4O2/c1-13(2,8-14)16-11(18)9-7-15-10-5-3-4-6-17(10)12(9)19/h3-7H,8,14H2,1-2H3,(H,16,18). The van der Waals surface area contributed by atoms with Crippen molar-refractivity contribution in [2.24, 2.45) is 5.73 Å². The Morgan fingerprint density at radius 2 is 2.21 bits per heavy atom. The minimum Gasteiger partial charge on any atom is -0.346 e. The molecule has 0 aliphatic carbocycles. The van der Waals surface area contributed by atoms with Crippen molar-refractivity contribution in [1.29, 1.82) is 0 Å². The summed E-state index contributed by atoms with van der Waals surface area (Å²) in [6.45, 7) is 3.86. The summed E-state index contributed by atoms with van der Waals surface area (Å²) in [4.78, 5) is 28.3. The molecule has 0 fully saturated rings. The van der Waals surface area contributed by atoms with E-state index >= 15 is 0 Å². The summed E-state index contributed by atoms with van der Waals surface area (Å²) >= 11 is 0. The number of nitrogens with zero attached hydrogens (tertiary/aromatic N) is 2. The molecule has 0 atom stereocenters. The van der Waals surface area contributed by atoms with Gasteiger partial charge in [-0.1, -0.05) is 6.07 Å². The first-order valence-electron chi connectivity index (χ1n) is 5.93. The first-order valence-corrected chi connectivity index (χ1v) is 5.93. The molecule has 2 aromatic rings. The monoisotopic (exact) mass is 260 g/mol. The summed E-state index contributed by atoms with van der Waals surface area (Å²) in [6, 6.07) is 5.19. The highest BCUT2D eigenvalue weighted by Crippen LogP contribution is 2.02. The van der Waals surface area contributed by atoms with Crippen LogP contribution in [-0.2, 0) is 0 Å². The van der Waals surface area contributed by atoms with Gasteiger partial charge in [0.15, 0.2) is 0 Å². The third-order valence-electron chi connectivity index (χ3n) is 2.82. The number of hydrogen-bond donors (Lipinski definition) is 2. The highest BCUT2D eigenvalue weighted by atomic mass is 16.2. The zero-order valence-electron chi connectivity index (χ0n) is 10.9. The molecule has 0 aliphatic heterocycles. The minimum atomic E-state index is -0.570. The van der Waals surface area contributed by atoms with E-state index in [1.807, 2.05) is 0 Å². The average molecular weight is 260 g/mol. The Morgan fingerprint density at radius 1 is 1.47 bits per heavy atom. The Hall–Kier alpha value is -2.21. The second-order valence-electron chi connectivity index (χ2n) is 4.95. The van der Waals surface area contributed by atoms with Gasteiger partial charge < -0.3 is 11.1 Å². The maximum atomic E-state index is 12.2. The van der Waals surface area contributed by atoms with E-state index in [0.717, 1.165) is 0 Å². The van der Waals surface area contributed by atoms with Crippen LogP contribution < -0.4 is 16.6 Å². The quantitative estimate of drug-likeness (QED) is 0.822. The first kappa shape index (κ1) is 13.2. The molecule has 0 saturated heterocycles. The summed E-state index contributed by atoms with van der Waals surface area (Å²) in [6.07, 6.45) is 2.87. The second-order valence-corrected chi connectivity index (χ2v) is 4.95. The predicted molar refractivity (Wildman–Crippen MR) is 72.1 cm³/mol. The van der Waals surface area contributed by atoms with Crippen LogP contribution in [0.5, 0.6) is 0 Å². The van der Waals surface area contributed by atoms with Crippen LogP contribution in [0, 0.1) is 0 Å². The van der Waals surface area contributed by atoms with Gasteiger partial charge in [-0.3, -0.25) is 14.0 Å². The van der Waals surface area contributed by atoms with Crippen LogP contribution in [0.15, 0.2) is 35.4 Å². The van der Waals surface area contributed by atoms with Gasteiger partial charge in [-0.15, -0.1) is 0 Å². The van der Waals surface area contributed by atoms with E-state index in [1.165, 1.54) is 10.6 Å². The van der Waals surface area contributed by atoms with Crippen LogP contribution in [0.4, 0.5) is 0 Å². The molecule has 0 spiro atoms. The van der Waals surface area contributed by atoms with E-state index in [4.69, 9.17) is 5.73 Å². The number of amides is 1. The van der Waals surface area contributed by atoms with E-state index in [2.05, 4.69) is 10.3 Å². The molecule has 0 saturated carbocycles. The molecule has 0 unspecified atom stereocenters. The summed E-state index contributed by atoms with van der Waals surface area (Å²) in [5.74, 6) is -0.466. The zero-order chi connectivity index (χ0) is 14.0. The molecule has 2 heterocycles. The fourth-order valence-electron chi connectivity index (χ4n) is 1.61. The number of nitrogens with two attached hydrogens (primary N) is 1. The molecule has 1 amide bonds. The Balaban J connectivity index is 2.44. The van der Waals surface area contributed by atoms with Gasteiger partial charge in [0.25, 0.3) is 11.5 Å². The number of nitrogens with one attached hydrogen (secondary N) is 1. The minimum absolute atomic E-state index is 0.00484. The maximum Gasteiger partial charge on any atom is 0.270 e. The molecule has 0 aliphatic rings. The first-order chi connectivity index (χ1) is 8.94. The maximum absolute atomic E-state index is 12.2. The number of rotatable bonds is 3. The van der Waals surface area contributed by atoms with Crippen molar-refractivity contribution in [3.05, 3.63) is 46.5 Å². The van der Waals surface area contributed by atoms with Gasteiger partial charge in [0.2, 0.25) is 0 Å². The molecule has 6 nitrogen and oxygen atoms in total. The fraction of sp³-hybridized carbons (Fsp3) is 0.308. The van der Waals surface area contributed by atoms with Crippen LogP contribution in [0.1, 0.15) is 24.2 Å². The molecule has 6 heteroatoms. The molecule has 2 rings (SSSR count). The van der Waals surface area contributed by atoms with Crippen LogP contribution in [0.2, 0.25) is 0 Å². The lowest BCUT2D eigenvalue weighted by Gasteiger charge is -2.23. The third-order valence-corrected chi connectivity index (χ3v) is 2.82. The molecule has 2 aromatic heterocycles. The molecule has 100 valence electrons. The van der Waals surface area contributed by atoms with Gasteiger partial charge in [-0.2, -0.15) is 0 Å². The van der Waals surface area contributed by atoms with E-state index in [1.54, 1.807) is 38.2 Å². The molecular weight excluding hydrogens is 244 g/mol. The van der Waals surface area contributed by atoms with Crippen molar-refractivity contribution >= 4 is 11.6 Å². The van der Waals surface area contributed by atoms with Crippen molar-refractivity contribution in [1.82, 2.24) is 14.7 Å². The number of pyridine rings is 1. The molecule has 19 heavy (non-hydrogen) atoms. The Labute approximate surface area is 110 Å². The number of hydrogen-bond acceptors (Lipinski definition) is 4. The van der Waals surface area contributed by atoms with Gasteiger partial charge in [-0.25, -0.2) is 4.98 Å². The predicted octanol–water partition coefficient (Wildman–Crippen LogP) is 0.162. The number of carbonyl (C=O) groups is 1. The molecule has 0 radical (unpaired) electrons. The van der Waals surface area contributed by atoms with Crippen molar-refractivity contribution in [3.8, 4) is 0 Å². The van der Waals surface area contributed by atoms with E-state index < -0.39 is 17.0 Å². The summed E-state index contributed by atoms with van der Waals surface area (Å²) in [5.41, 5.74) is 5.09. The summed E-state index contributed by atoms with van der Waals surface area (Å²) in [7, 11) is 0. The van der Waals surface area contributed by atoms with Crippen molar-refractivity contribution in [3.63, 3.8) is 0 Å². The number of aromatic nitrogens is 2. The highest BCUT2D eigenvalue weighted by molar-refractivity contribution is 5.94. The Kier molecular flexibility index (Phi) is 3.35. The van der Waals surface area contributed by atoms with Gasteiger partial charge in [-0.05, 0) is 26.0 Å². The van der Waals surface area contributed by atoms with E-state index in [9.17, 15) is 9.59 Å². The lowest BCUT2D eigenvalue weighted by atomic mass is 10.1. The van der Waals surface area contributed by atoms with Gasteiger partial charge in [0.05, 0.1) is 0 Å². The SMILES string of the molecule is CC(C)(CN)NC(=O)c1cnc2ccccn2c1=O. The van der Waals surface area contributed by atoms with Crippen LogP contribution >= 0.6 is 0 Å². The fourth-order valence-corrected chi connectivity index (χ4v) is 1.61. The van der Waals surface area contributed by atoms with Gasteiger partial charge >= 0.3 is 0 Å². The molecular formula is C13H16N4O2. The molecule has 3 N–H and O–H groups in total. The van der Waals surface area contributed by atoms with Gasteiger partial charge in [0.1, 0.15) is 11.2 Å². The van der Waals surface area contributed by atoms with Gasteiger partial charge in [0, 0.05) is 24.5 Å². The smallest absolute Gasteiger partial charge is 0.270 e. The van der Waals surface area contributed by atoms with E-state index in [0.29, 0.717) is 5.65 Å². The molecule has 0 aromatic carbocycles. The largest absolute Gasteiger partial charge is 0.346 e. The highest BCUT2D eigenvalue weighted by Gasteiger charge is 2.21. The van der Waals surface area contributed by atoms with Crippen LogP contribution in [0.3, 0.4) is 0 Å². The zero-order valence-corrected chi connectivity index (χ0v) is 10.9. The molecule has 0 bridgehead atoms.